The first-order valence-corrected chi connectivity index (χ1v) is 10.0. The minimum absolute atomic E-state index is 0.188. The highest BCUT2D eigenvalue weighted by Crippen LogP contribution is 2.31. The first-order chi connectivity index (χ1) is 13.4. The second-order valence-electron chi connectivity index (χ2n) is 7.30. The summed E-state index contributed by atoms with van der Waals surface area (Å²) < 4.78 is 5.86. The lowest BCUT2D eigenvalue weighted by molar-refractivity contribution is -0.0508. The second kappa shape index (κ2) is 8.80. The Morgan fingerprint density at radius 2 is 2.04 bits per heavy atom. The Morgan fingerprint density at radius 1 is 1.32 bits per heavy atom. The van der Waals surface area contributed by atoms with E-state index in [1.807, 2.05) is 43.5 Å². The fourth-order valence-corrected chi connectivity index (χ4v) is 3.84. The van der Waals surface area contributed by atoms with Crippen molar-refractivity contribution in [2.24, 2.45) is 0 Å². The number of ether oxygens (including phenoxy) is 1. The third-order valence-corrected chi connectivity index (χ3v) is 5.15. The Hall–Kier alpha value is -2.30. The monoisotopic (exact) mass is 397 g/mol. The van der Waals surface area contributed by atoms with E-state index in [1.54, 1.807) is 0 Å². The van der Waals surface area contributed by atoms with Crippen molar-refractivity contribution >= 4 is 34.9 Å². The van der Waals surface area contributed by atoms with E-state index in [0.29, 0.717) is 5.02 Å². The van der Waals surface area contributed by atoms with E-state index < -0.39 is 0 Å². The summed E-state index contributed by atoms with van der Waals surface area (Å²) >= 11 is 6.12. The highest BCUT2D eigenvalue weighted by atomic mass is 35.5. The summed E-state index contributed by atoms with van der Waals surface area (Å²) in [7, 11) is 0. The minimum atomic E-state index is 0.188. The standard InChI is InChI=1S/C23H28ClN3O/c1-6-8-21-17(4)22(18(5)27-13-15(2)28-16(3)14-27)12-25-23(21)26-20-10-7-9-19(24)11-20/h6-12,15-16H,5,13-14H2,1-4H3,(H,25,26)/b8-6-. The van der Waals surface area contributed by atoms with Crippen molar-refractivity contribution in [2.45, 2.75) is 39.9 Å². The molecule has 0 saturated carbocycles. The van der Waals surface area contributed by atoms with Crippen LogP contribution in [0, 0.1) is 6.92 Å². The number of pyridine rings is 1. The molecule has 148 valence electrons. The molecule has 2 atom stereocenters. The van der Waals surface area contributed by atoms with Crippen LogP contribution < -0.4 is 5.32 Å². The Kier molecular flexibility index (Phi) is 6.42. The maximum atomic E-state index is 6.12. The molecule has 1 aromatic carbocycles. The van der Waals surface area contributed by atoms with E-state index in [9.17, 15) is 0 Å². The van der Waals surface area contributed by atoms with Crippen LogP contribution in [0.2, 0.25) is 5.02 Å². The van der Waals surface area contributed by atoms with Gasteiger partial charge in [0, 0.05) is 46.8 Å². The molecule has 1 aliphatic heterocycles. The van der Waals surface area contributed by atoms with Crippen molar-refractivity contribution in [3.63, 3.8) is 0 Å². The zero-order valence-corrected chi connectivity index (χ0v) is 17.8. The number of hydrogen-bond donors (Lipinski definition) is 1. The zero-order chi connectivity index (χ0) is 20.3. The van der Waals surface area contributed by atoms with Crippen LogP contribution in [0.15, 0.2) is 43.1 Å². The maximum Gasteiger partial charge on any atom is 0.137 e. The lowest BCUT2D eigenvalue weighted by atomic mass is 10.0. The third kappa shape index (κ3) is 4.57. The molecule has 1 fully saturated rings. The molecule has 1 saturated heterocycles. The fourth-order valence-electron chi connectivity index (χ4n) is 3.65. The molecule has 3 rings (SSSR count). The van der Waals surface area contributed by atoms with Gasteiger partial charge >= 0.3 is 0 Å². The number of allylic oxidation sites excluding steroid dienone is 1. The molecule has 1 aromatic heterocycles. The van der Waals surface area contributed by atoms with Crippen molar-refractivity contribution in [1.82, 2.24) is 9.88 Å². The smallest absolute Gasteiger partial charge is 0.137 e. The highest BCUT2D eigenvalue weighted by Gasteiger charge is 2.25. The largest absolute Gasteiger partial charge is 0.372 e. The summed E-state index contributed by atoms with van der Waals surface area (Å²) in [6.07, 6.45) is 6.39. The first-order valence-electron chi connectivity index (χ1n) is 9.63. The van der Waals surface area contributed by atoms with E-state index in [-0.39, 0.29) is 12.2 Å². The summed E-state index contributed by atoms with van der Waals surface area (Å²) in [6, 6.07) is 7.65. The van der Waals surface area contributed by atoms with Crippen LogP contribution in [0.25, 0.3) is 11.8 Å². The average molecular weight is 398 g/mol. The lowest BCUT2D eigenvalue weighted by Crippen LogP contribution is -2.44. The van der Waals surface area contributed by atoms with Gasteiger partial charge in [-0.2, -0.15) is 0 Å². The molecule has 4 nitrogen and oxygen atoms in total. The van der Waals surface area contributed by atoms with Gasteiger partial charge in [0.15, 0.2) is 0 Å². The number of anilines is 2. The highest BCUT2D eigenvalue weighted by molar-refractivity contribution is 6.30. The summed E-state index contributed by atoms with van der Waals surface area (Å²) in [5.41, 5.74) is 5.16. The number of hydrogen-bond acceptors (Lipinski definition) is 4. The zero-order valence-electron chi connectivity index (χ0n) is 17.0. The number of aromatic nitrogens is 1. The van der Waals surface area contributed by atoms with E-state index in [0.717, 1.165) is 47.0 Å². The van der Waals surface area contributed by atoms with Gasteiger partial charge in [0.1, 0.15) is 5.82 Å². The van der Waals surface area contributed by atoms with Crippen LogP contribution in [0.1, 0.15) is 37.5 Å². The number of halogens is 1. The van der Waals surface area contributed by atoms with Gasteiger partial charge < -0.3 is 15.0 Å². The molecule has 28 heavy (non-hydrogen) atoms. The van der Waals surface area contributed by atoms with E-state index in [4.69, 9.17) is 21.3 Å². The Labute approximate surface area is 172 Å². The molecule has 0 amide bonds. The van der Waals surface area contributed by atoms with Crippen molar-refractivity contribution in [1.29, 1.82) is 0 Å². The SMILES string of the molecule is C=C(c1cnc(Nc2cccc(Cl)c2)c(/C=C\C)c1C)N1CC(C)OC(C)C1. The third-order valence-electron chi connectivity index (χ3n) is 4.92. The molecule has 2 heterocycles. The van der Waals surface area contributed by atoms with Gasteiger partial charge in [-0.15, -0.1) is 0 Å². The molecule has 1 N–H and O–H groups in total. The topological polar surface area (TPSA) is 37.4 Å². The van der Waals surface area contributed by atoms with Gasteiger partial charge in [0.25, 0.3) is 0 Å². The van der Waals surface area contributed by atoms with E-state index >= 15 is 0 Å². The van der Waals surface area contributed by atoms with Gasteiger partial charge in [-0.1, -0.05) is 36.4 Å². The number of morpholine rings is 1. The molecule has 1 aliphatic rings. The van der Waals surface area contributed by atoms with Crippen molar-refractivity contribution in [3.8, 4) is 0 Å². The number of rotatable bonds is 5. The normalized spacial score (nSPS) is 19.8. The van der Waals surface area contributed by atoms with E-state index in [2.05, 4.69) is 43.6 Å². The van der Waals surface area contributed by atoms with Gasteiger partial charge in [0.05, 0.1) is 12.2 Å². The average Bonchev–Trinajstić information content (AvgIpc) is 2.63. The number of nitrogens with zero attached hydrogens (tertiary/aromatic N) is 2. The second-order valence-corrected chi connectivity index (χ2v) is 7.74. The molecule has 0 radical (unpaired) electrons. The molecule has 2 unspecified atom stereocenters. The Morgan fingerprint density at radius 3 is 2.68 bits per heavy atom. The number of nitrogens with one attached hydrogen (secondary N) is 1. The van der Waals surface area contributed by atoms with E-state index in [1.165, 1.54) is 0 Å². The maximum absolute atomic E-state index is 6.12. The number of benzene rings is 1. The molecule has 0 aliphatic carbocycles. The molecule has 0 bridgehead atoms. The molecule has 2 aromatic rings. The summed E-state index contributed by atoms with van der Waals surface area (Å²) in [6.45, 7) is 14.4. The van der Waals surface area contributed by atoms with Crippen LogP contribution in [0.4, 0.5) is 11.5 Å². The Balaban J connectivity index is 1.93. The van der Waals surface area contributed by atoms with Crippen LogP contribution in [-0.2, 0) is 4.74 Å². The molecule has 0 spiro atoms. The van der Waals surface area contributed by atoms with Crippen LogP contribution in [-0.4, -0.2) is 35.2 Å². The molecular weight excluding hydrogens is 370 g/mol. The van der Waals surface area contributed by atoms with Gasteiger partial charge in [-0.25, -0.2) is 4.98 Å². The van der Waals surface area contributed by atoms with Gasteiger partial charge in [-0.3, -0.25) is 0 Å². The fraction of sp³-hybridized carbons (Fsp3) is 0.348. The van der Waals surface area contributed by atoms with Crippen LogP contribution in [0.3, 0.4) is 0 Å². The predicted molar refractivity (Wildman–Crippen MR) is 119 cm³/mol. The molecular formula is C23H28ClN3O. The minimum Gasteiger partial charge on any atom is -0.372 e. The van der Waals surface area contributed by atoms with Crippen LogP contribution >= 0.6 is 11.6 Å². The Bertz CT molecular complexity index is 883. The quantitative estimate of drug-likeness (QED) is 0.681. The summed E-state index contributed by atoms with van der Waals surface area (Å²) in [5.74, 6) is 0.804. The first kappa shape index (κ1) is 20.4. The molecule has 5 heteroatoms. The van der Waals surface area contributed by atoms with Crippen LogP contribution in [0.5, 0.6) is 0 Å². The van der Waals surface area contributed by atoms with Crippen molar-refractivity contribution in [2.75, 3.05) is 18.4 Å². The van der Waals surface area contributed by atoms with Gasteiger partial charge in [0.2, 0.25) is 0 Å². The van der Waals surface area contributed by atoms with Crippen molar-refractivity contribution in [3.05, 3.63) is 64.8 Å². The van der Waals surface area contributed by atoms with Gasteiger partial charge in [-0.05, 0) is 51.5 Å². The predicted octanol–water partition coefficient (Wildman–Crippen LogP) is 5.90. The lowest BCUT2D eigenvalue weighted by Gasteiger charge is -2.38. The summed E-state index contributed by atoms with van der Waals surface area (Å²) in [5, 5.41) is 4.08. The summed E-state index contributed by atoms with van der Waals surface area (Å²) in [4.78, 5) is 7.01. The van der Waals surface area contributed by atoms with Crippen molar-refractivity contribution < 1.29 is 4.74 Å².